The molecule has 0 fully saturated rings. The maximum Gasteiger partial charge on any atom is 0.242 e. The summed E-state index contributed by atoms with van der Waals surface area (Å²) >= 11 is 0. The quantitative estimate of drug-likeness (QED) is 0.848. The molecule has 7 heteroatoms. The van der Waals surface area contributed by atoms with Crippen LogP contribution in [-0.2, 0) is 4.79 Å². The van der Waals surface area contributed by atoms with Crippen molar-refractivity contribution in [3.05, 3.63) is 36.2 Å². The fraction of sp³-hybridized carbons (Fsp3) is 0.312. The number of benzene rings is 1. The summed E-state index contributed by atoms with van der Waals surface area (Å²) < 4.78 is 10.9. The summed E-state index contributed by atoms with van der Waals surface area (Å²) in [6.45, 7) is 3.78. The van der Waals surface area contributed by atoms with Crippen molar-refractivity contribution in [1.82, 2.24) is 9.97 Å². The number of nitrogens with one attached hydrogen (secondary N) is 1. The molecule has 23 heavy (non-hydrogen) atoms. The fourth-order valence-corrected chi connectivity index (χ4v) is 1.85. The third-order valence-electron chi connectivity index (χ3n) is 3.27. The molecule has 0 saturated heterocycles. The average molecular weight is 316 g/mol. The Kier molecular flexibility index (Phi) is 5.48. The molecule has 0 bridgehead atoms. The van der Waals surface area contributed by atoms with Crippen molar-refractivity contribution in [2.75, 3.05) is 12.4 Å². The number of nitrogens with zero attached hydrogens (tertiary/aromatic N) is 2. The van der Waals surface area contributed by atoms with Crippen LogP contribution >= 0.6 is 0 Å². The van der Waals surface area contributed by atoms with Crippen molar-refractivity contribution in [3.63, 3.8) is 0 Å². The number of rotatable bonds is 6. The molecule has 3 N–H and O–H groups in total. The number of ether oxygens (including phenoxy) is 2. The predicted octanol–water partition coefficient (Wildman–Crippen LogP) is 2.26. The molecule has 0 saturated carbocycles. The Labute approximate surface area is 134 Å². The van der Waals surface area contributed by atoms with E-state index in [1.807, 2.05) is 26.0 Å². The summed E-state index contributed by atoms with van der Waals surface area (Å²) in [4.78, 5) is 19.8. The van der Waals surface area contributed by atoms with Crippen LogP contribution in [0.4, 0.5) is 5.82 Å². The van der Waals surface area contributed by atoms with Gasteiger partial charge in [0.05, 0.1) is 13.2 Å². The zero-order valence-corrected chi connectivity index (χ0v) is 13.4. The van der Waals surface area contributed by atoms with Gasteiger partial charge in [-0.1, -0.05) is 13.0 Å². The van der Waals surface area contributed by atoms with Crippen molar-refractivity contribution in [1.29, 1.82) is 0 Å². The third-order valence-corrected chi connectivity index (χ3v) is 3.27. The Morgan fingerprint density at radius 1 is 1.35 bits per heavy atom. The highest BCUT2D eigenvalue weighted by Gasteiger charge is 2.12. The largest absolute Gasteiger partial charge is 0.496 e. The van der Waals surface area contributed by atoms with Gasteiger partial charge in [-0.15, -0.1) is 0 Å². The van der Waals surface area contributed by atoms with Crippen LogP contribution in [0.25, 0.3) is 0 Å². The van der Waals surface area contributed by atoms with Crippen molar-refractivity contribution < 1.29 is 14.3 Å². The average Bonchev–Trinajstić information content (AvgIpc) is 2.56. The highest BCUT2D eigenvalue weighted by Crippen LogP contribution is 2.27. The fourth-order valence-electron chi connectivity index (χ4n) is 1.85. The van der Waals surface area contributed by atoms with Crippen LogP contribution in [0.1, 0.15) is 18.9 Å². The SMILES string of the molecule is CCC(N)C(=O)Nc1cc(Oc2ccc(C)c(OC)c2)ncn1. The molecule has 1 aromatic heterocycles. The summed E-state index contributed by atoms with van der Waals surface area (Å²) in [7, 11) is 1.60. The first-order chi connectivity index (χ1) is 11.0. The van der Waals surface area contributed by atoms with E-state index in [-0.39, 0.29) is 5.91 Å². The van der Waals surface area contributed by atoms with E-state index in [2.05, 4.69) is 15.3 Å². The van der Waals surface area contributed by atoms with E-state index >= 15 is 0 Å². The maximum absolute atomic E-state index is 11.8. The predicted molar refractivity (Wildman–Crippen MR) is 86.7 cm³/mol. The first-order valence-corrected chi connectivity index (χ1v) is 7.24. The third kappa shape index (κ3) is 4.40. The number of hydrogen-bond acceptors (Lipinski definition) is 6. The molecule has 1 atom stereocenters. The van der Waals surface area contributed by atoms with Crippen LogP contribution in [0.5, 0.6) is 17.4 Å². The molecule has 0 radical (unpaired) electrons. The molecule has 0 aliphatic rings. The number of nitrogens with two attached hydrogens (primary N) is 1. The number of amides is 1. The van der Waals surface area contributed by atoms with Crippen LogP contribution < -0.4 is 20.5 Å². The van der Waals surface area contributed by atoms with E-state index in [1.54, 1.807) is 13.2 Å². The van der Waals surface area contributed by atoms with E-state index in [9.17, 15) is 4.79 Å². The molecular weight excluding hydrogens is 296 g/mol. The highest BCUT2D eigenvalue weighted by molar-refractivity contribution is 5.93. The summed E-state index contributed by atoms with van der Waals surface area (Å²) in [6.07, 6.45) is 1.86. The van der Waals surface area contributed by atoms with Crippen LogP contribution in [0.2, 0.25) is 0 Å². The van der Waals surface area contributed by atoms with Gasteiger partial charge in [-0.3, -0.25) is 4.79 Å². The summed E-state index contributed by atoms with van der Waals surface area (Å²) in [5.74, 6) is 1.65. The lowest BCUT2D eigenvalue weighted by molar-refractivity contribution is -0.117. The van der Waals surface area contributed by atoms with Gasteiger partial charge in [-0.05, 0) is 25.0 Å². The van der Waals surface area contributed by atoms with Gasteiger partial charge in [0.15, 0.2) is 0 Å². The molecule has 2 aromatic rings. The molecule has 1 heterocycles. The van der Waals surface area contributed by atoms with Crippen LogP contribution in [0.15, 0.2) is 30.6 Å². The lowest BCUT2D eigenvalue weighted by atomic mass is 10.2. The molecule has 2 rings (SSSR count). The molecule has 1 amide bonds. The molecule has 122 valence electrons. The molecule has 0 aliphatic heterocycles. The zero-order chi connectivity index (χ0) is 16.8. The summed E-state index contributed by atoms with van der Waals surface area (Å²) in [5, 5.41) is 2.63. The molecule has 1 aromatic carbocycles. The van der Waals surface area contributed by atoms with Crippen molar-refractivity contribution >= 4 is 11.7 Å². The molecule has 7 nitrogen and oxygen atoms in total. The van der Waals surface area contributed by atoms with Gasteiger partial charge in [0, 0.05) is 12.1 Å². The second kappa shape index (κ2) is 7.55. The first kappa shape index (κ1) is 16.7. The minimum atomic E-state index is -0.573. The van der Waals surface area contributed by atoms with Gasteiger partial charge in [0.2, 0.25) is 11.8 Å². The number of carbonyl (C=O) groups is 1. The lowest BCUT2D eigenvalue weighted by Crippen LogP contribution is -2.35. The Morgan fingerprint density at radius 2 is 2.13 bits per heavy atom. The van der Waals surface area contributed by atoms with Crippen molar-refractivity contribution in [2.24, 2.45) is 5.73 Å². The number of aryl methyl sites for hydroxylation is 1. The van der Waals surface area contributed by atoms with Gasteiger partial charge in [0.1, 0.15) is 23.6 Å². The first-order valence-electron chi connectivity index (χ1n) is 7.24. The van der Waals surface area contributed by atoms with Crippen molar-refractivity contribution in [3.8, 4) is 17.4 Å². The monoisotopic (exact) mass is 316 g/mol. The van der Waals surface area contributed by atoms with E-state index in [0.29, 0.717) is 23.9 Å². The van der Waals surface area contributed by atoms with Crippen LogP contribution in [0, 0.1) is 6.92 Å². The molecule has 0 aliphatic carbocycles. The number of hydrogen-bond donors (Lipinski definition) is 2. The van der Waals surface area contributed by atoms with Gasteiger partial charge < -0.3 is 20.5 Å². The van der Waals surface area contributed by atoms with E-state index in [1.165, 1.54) is 12.4 Å². The van der Waals surface area contributed by atoms with Gasteiger partial charge in [-0.25, -0.2) is 9.97 Å². The summed E-state index contributed by atoms with van der Waals surface area (Å²) in [5.41, 5.74) is 6.68. The smallest absolute Gasteiger partial charge is 0.242 e. The van der Waals surface area contributed by atoms with Crippen LogP contribution in [-0.4, -0.2) is 29.0 Å². The maximum atomic E-state index is 11.8. The Hall–Kier alpha value is -2.67. The highest BCUT2D eigenvalue weighted by atomic mass is 16.5. The minimum Gasteiger partial charge on any atom is -0.496 e. The molecule has 0 spiro atoms. The van der Waals surface area contributed by atoms with E-state index < -0.39 is 6.04 Å². The van der Waals surface area contributed by atoms with Gasteiger partial charge in [-0.2, -0.15) is 0 Å². The molecule has 1 unspecified atom stereocenters. The van der Waals surface area contributed by atoms with Crippen LogP contribution in [0.3, 0.4) is 0 Å². The lowest BCUT2D eigenvalue weighted by Gasteiger charge is -2.11. The second-order valence-electron chi connectivity index (χ2n) is 4.98. The summed E-state index contributed by atoms with van der Waals surface area (Å²) in [6, 6.07) is 6.43. The van der Waals surface area contributed by atoms with Gasteiger partial charge >= 0.3 is 0 Å². The topological polar surface area (TPSA) is 99.4 Å². The van der Waals surface area contributed by atoms with E-state index in [0.717, 1.165) is 11.3 Å². The van der Waals surface area contributed by atoms with E-state index in [4.69, 9.17) is 15.2 Å². The number of methoxy groups -OCH3 is 1. The Balaban J connectivity index is 2.12. The standard InChI is InChI=1S/C16H20N4O3/c1-4-12(17)16(21)20-14-8-15(19-9-18-14)23-11-6-5-10(2)13(7-11)22-3/h5-9,12H,4,17H2,1-3H3,(H,18,19,20,21). The van der Waals surface area contributed by atoms with Crippen molar-refractivity contribution in [2.45, 2.75) is 26.3 Å². The Morgan fingerprint density at radius 3 is 2.83 bits per heavy atom. The number of aromatic nitrogens is 2. The second-order valence-corrected chi connectivity index (χ2v) is 4.98. The van der Waals surface area contributed by atoms with Gasteiger partial charge in [0.25, 0.3) is 0 Å². The minimum absolute atomic E-state index is 0.297. The number of anilines is 1. The zero-order valence-electron chi connectivity index (χ0n) is 13.4. The number of carbonyl (C=O) groups excluding carboxylic acids is 1. The Bertz CT molecular complexity index is 691. The normalized spacial score (nSPS) is 11.7. The molecular formula is C16H20N4O3.